The van der Waals surface area contributed by atoms with E-state index in [2.05, 4.69) is 6.58 Å². The van der Waals surface area contributed by atoms with Gasteiger partial charge < -0.3 is 0 Å². The minimum Gasteiger partial charge on any atom is -0.299 e. The van der Waals surface area contributed by atoms with Gasteiger partial charge in [-0.05, 0) is 11.2 Å². The molecule has 3 heteroatoms. The largest absolute Gasteiger partial charge is 0.299 e. The Balaban J connectivity index is 2.61. The van der Waals surface area contributed by atoms with E-state index in [1.54, 1.807) is 29.6 Å². The van der Waals surface area contributed by atoms with Crippen LogP contribution in [0.2, 0.25) is 0 Å². The van der Waals surface area contributed by atoms with Crippen LogP contribution in [0.15, 0.2) is 23.6 Å². The number of carbonyl (C=O) groups excluding carboxylic acids is 1. The molecule has 1 aliphatic heterocycles. The van der Waals surface area contributed by atoms with Gasteiger partial charge in [-0.1, -0.05) is 18.7 Å². The second kappa shape index (κ2) is 4.77. The van der Waals surface area contributed by atoms with Gasteiger partial charge in [0.15, 0.2) is 0 Å². The zero-order chi connectivity index (χ0) is 8.97. The van der Waals surface area contributed by atoms with E-state index in [9.17, 15) is 4.79 Å². The van der Waals surface area contributed by atoms with Crippen molar-refractivity contribution < 1.29 is 4.79 Å². The molecule has 0 aromatic heterocycles. The molecule has 1 nitrogen and oxygen atoms in total. The Morgan fingerprint density at radius 1 is 1.83 bits per heavy atom. The zero-order valence-corrected chi connectivity index (χ0v) is 8.71. The molecule has 1 fully saturated rings. The van der Waals surface area contributed by atoms with Crippen LogP contribution in [0, 0.1) is 0 Å². The normalized spacial score (nSPS) is 24.6. The number of Topliss-reactive ketones (excluding diaryl/α,β-unsaturated/α-hetero) is 1. The molecule has 66 valence electrons. The first-order valence-electron chi connectivity index (χ1n) is 3.78. The Kier molecular flexibility index (Phi) is 3.95. The molecule has 0 aliphatic carbocycles. The molecule has 1 atom stereocenters. The summed E-state index contributed by atoms with van der Waals surface area (Å²) in [4.78, 5) is 12.3. The van der Waals surface area contributed by atoms with Crippen LogP contribution in [-0.2, 0) is 4.79 Å². The molecule has 1 heterocycles. The van der Waals surface area contributed by atoms with Crippen molar-refractivity contribution in [2.24, 2.45) is 0 Å². The summed E-state index contributed by atoms with van der Waals surface area (Å²) in [5.74, 6) is 1.05. The number of rotatable bonds is 3. The van der Waals surface area contributed by atoms with Gasteiger partial charge in [0.25, 0.3) is 0 Å². The Hall–Kier alpha value is -0.150. The molecule has 0 bridgehead atoms. The fraction of sp³-hybridized carbons (Fsp3) is 0.444. The topological polar surface area (TPSA) is 17.1 Å². The third-order valence-electron chi connectivity index (χ3n) is 1.69. The first kappa shape index (κ1) is 9.93. The predicted octanol–water partition coefficient (Wildman–Crippen LogP) is 2.49. The van der Waals surface area contributed by atoms with Gasteiger partial charge in [0.05, 0.1) is 5.75 Å². The van der Waals surface area contributed by atoms with Gasteiger partial charge >= 0.3 is 0 Å². The van der Waals surface area contributed by atoms with Gasteiger partial charge in [0.2, 0.25) is 0 Å². The molecule has 0 aromatic carbocycles. The van der Waals surface area contributed by atoms with Crippen molar-refractivity contribution in [3.05, 3.63) is 23.6 Å². The fourth-order valence-corrected chi connectivity index (χ4v) is 3.25. The van der Waals surface area contributed by atoms with Crippen molar-refractivity contribution in [1.29, 1.82) is 0 Å². The van der Waals surface area contributed by atoms with Crippen molar-refractivity contribution in [2.45, 2.75) is 11.7 Å². The highest BCUT2D eigenvalue weighted by atomic mass is 32.2. The number of carbonyl (C=O) groups is 1. The number of thioether (sulfide) groups is 2. The molecule has 1 unspecified atom stereocenters. The lowest BCUT2D eigenvalue weighted by Crippen LogP contribution is -2.01. The average molecular weight is 200 g/mol. The lowest BCUT2D eigenvalue weighted by molar-refractivity contribution is -0.116. The second-order valence-electron chi connectivity index (χ2n) is 2.55. The van der Waals surface area contributed by atoms with Gasteiger partial charge in [0, 0.05) is 11.7 Å². The molecular weight excluding hydrogens is 188 g/mol. The van der Waals surface area contributed by atoms with E-state index in [-0.39, 0.29) is 0 Å². The quantitative estimate of drug-likeness (QED) is 0.652. The van der Waals surface area contributed by atoms with Gasteiger partial charge in [-0.15, -0.1) is 23.5 Å². The molecule has 0 N–H and O–H groups in total. The first-order chi connectivity index (χ1) is 5.77. The van der Waals surface area contributed by atoms with E-state index in [4.69, 9.17) is 0 Å². The first-order valence-corrected chi connectivity index (χ1v) is 6.05. The molecule has 1 aliphatic rings. The highest BCUT2D eigenvalue weighted by Gasteiger charge is 2.25. The minimum atomic E-state index is 0.369. The summed E-state index contributed by atoms with van der Waals surface area (Å²) in [5.41, 5.74) is 0. The van der Waals surface area contributed by atoms with Crippen LogP contribution in [0.25, 0.3) is 0 Å². The zero-order valence-electron chi connectivity index (χ0n) is 7.08. The monoisotopic (exact) mass is 200 g/mol. The highest BCUT2D eigenvalue weighted by molar-refractivity contribution is 8.06. The van der Waals surface area contributed by atoms with Crippen LogP contribution in [0.1, 0.15) is 6.42 Å². The number of hydrogen-bond acceptors (Lipinski definition) is 3. The predicted molar refractivity (Wildman–Crippen MR) is 57.7 cm³/mol. The lowest BCUT2D eigenvalue weighted by Gasteiger charge is -2.08. The lowest BCUT2D eigenvalue weighted by atomic mass is 10.2. The number of allylic oxidation sites excluding steroid dienone is 2. The van der Waals surface area contributed by atoms with E-state index in [0.717, 1.165) is 0 Å². The van der Waals surface area contributed by atoms with Gasteiger partial charge in [-0.3, -0.25) is 4.79 Å². The summed E-state index contributed by atoms with van der Waals surface area (Å²) in [5, 5.41) is 0.394. The molecule has 0 amide bonds. The van der Waals surface area contributed by atoms with Crippen LogP contribution in [0.3, 0.4) is 0 Å². The number of hydrogen-bond donors (Lipinski definition) is 0. The van der Waals surface area contributed by atoms with E-state index < -0.39 is 0 Å². The Bertz CT molecular complexity index is 221. The van der Waals surface area contributed by atoms with Gasteiger partial charge in [-0.2, -0.15) is 0 Å². The van der Waals surface area contributed by atoms with Crippen molar-refractivity contribution >= 4 is 29.3 Å². The summed E-state index contributed by atoms with van der Waals surface area (Å²) in [7, 11) is 0. The standard InChI is InChI=1S/C9H12OS2/c1-3-4-8(11-2)9-5-7(10)6-12-9/h3-4,9H,1,5-6H2,2H3/b8-4-. The van der Waals surface area contributed by atoms with Gasteiger partial charge in [-0.25, -0.2) is 0 Å². The smallest absolute Gasteiger partial charge is 0.144 e. The van der Waals surface area contributed by atoms with Crippen LogP contribution < -0.4 is 0 Å². The van der Waals surface area contributed by atoms with Crippen LogP contribution in [0.4, 0.5) is 0 Å². The van der Waals surface area contributed by atoms with Crippen LogP contribution in [-0.4, -0.2) is 23.0 Å². The molecule has 0 aromatic rings. The second-order valence-corrected chi connectivity index (χ2v) is 4.62. The fourth-order valence-electron chi connectivity index (χ4n) is 1.12. The molecular formula is C9H12OS2. The summed E-state index contributed by atoms with van der Waals surface area (Å²) in [6.45, 7) is 3.65. The molecule has 0 spiro atoms. The Labute approximate surface area is 81.7 Å². The van der Waals surface area contributed by atoms with Crippen molar-refractivity contribution in [2.75, 3.05) is 12.0 Å². The molecule has 0 radical (unpaired) electrons. The van der Waals surface area contributed by atoms with Crippen molar-refractivity contribution in [3.63, 3.8) is 0 Å². The van der Waals surface area contributed by atoms with E-state index in [1.807, 2.05) is 12.3 Å². The maximum atomic E-state index is 11.0. The third-order valence-corrected chi connectivity index (χ3v) is 4.05. The average Bonchev–Trinajstić information content (AvgIpc) is 2.47. The van der Waals surface area contributed by atoms with E-state index in [0.29, 0.717) is 23.2 Å². The molecule has 0 saturated carbocycles. The maximum Gasteiger partial charge on any atom is 0.144 e. The maximum absolute atomic E-state index is 11.0. The van der Waals surface area contributed by atoms with Crippen molar-refractivity contribution in [1.82, 2.24) is 0 Å². The van der Waals surface area contributed by atoms with Gasteiger partial charge in [0.1, 0.15) is 5.78 Å². The van der Waals surface area contributed by atoms with E-state index >= 15 is 0 Å². The number of ketones is 1. The summed E-state index contributed by atoms with van der Waals surface area (Å²) in [6, 6.07) is 0. The minimum absolute atomic E-state index is 0.369. The SMILES string of the molecule is C=C/C=C(\SC)C1CC(=O)CS1. The summed E-state index contributed by atoms with van der Waals surface area (Å²) < 4.78 is 0. The summed E-state index contributed by atoms with van der Waals surface area (Å²) >= 11 is 3.45. The van der Waals surface area contributed by atoms with E-state index in [1.165, 1.54) is 4.91 Å². The molecule has 12 heavy (non-hydrogen) atoms. The van der Waals surface area contributed by atoms with Crippen molar-refractivity contribution in [3.8, 4) is 0 Å². The third kappa shape index (κ3) is 2.42. The molecule has 1 saturated heterocycles. The summed E-state index contributed by atoms with van der Waals surface area (Å²) in [6.07, 6.45) is 6.53. The molecule has 1 rings (SSSR count). The Morgan fingerprint density at radius 2 is 2.58 bits per heavy atom. The van der Waals surface area contributed by atoms with Crippen LogP contribution in [0.5, 0.6) is 0 Å². The highest BCUT2D eigenvalue weighted by Crippen LogP contribution is 2.34. The Morgan fingerprint density at radius 3 is 3.00 bits per heavy atom. The van der Waals surface area contributed by atoms with Crippen LogP contribution >= 0.6 is 23.5 Å².